The van der Waals surface area contributed by atoms with E-state index in [0.29, 0.717) is 31.4 Å². The normalized spacial score (nSPS) is 15.2. The van der Waals surface area contributed by atoms with Gasteiger partial charge in [-0.2, -0.15) is 0 Å². The maximum atomic E-state index is 13.3. The van der Waals surface area contributed by atoms with Gasteiger partial charge in [0.15, 0.2) is 0 Å². The molecule has 1 aliphatic heterocycles. The Labute approximate surface area is 224 Å². The standard InChI is InChI=1S/C29H37N5O4/c1-5-37-23-14-9-13-22(17-23)34-19-25(21-11-7-6-8-12-21)30-27(34)31-26(35)20-33(18-24-15-10-16-38-24)28(36)32-29(2,3)4/h6-9,11-14,17,19,24H,5,10,15-16,18,20H2,1-4H3,(H,32,36)(H,30,31,35)/t24-/m0/s1. The summed E-state index contributed by atoms with van der Waals surface area (Å²) in [6, 6.07) is 17.1. The first-order valence-corrected chi connectivity index (χ1v) is 13.1. The van der Waals surface area contributed by atoms with Gasteiger partial charge in [-0.25, -0.2) is 9.78 Å². The number of rotatable bonds is 9. The van der Waals surface area contributed by atoms with Gasteiger partial charge in [0.25, 0.3) is 0 Å². The van der Waals surface area contributed by atoms with E-state index in [9.17, 15) is 9.59 Å². The van der Waals surface area contributed by atoms with E-state index in [1.54, 1.807) is 0 Å². The van der Waals surface area contributed by atoms with Crippen molar-refractivity contribution in [2.24, 2.45) is 0 Å². The molecule has 2 aromatic carbocycles. The highest BCUT2D eigenvalue weighted by Gasteiger charge is 2.27. The number of imidazole rings is 1. The number of amides is 3. The number of hydrogen-bond donors (Lipinski definition) is 2. The first-order chi connectivity index (χ1) is 18.2. The first kappa shape index (κ1) is 27.2. The summed E-state index contributed by atoms with van der Waals surface area (Å²) in [7, 11) is 0. The fraction of sp³-hybridized carbons (Fsp3) is 0.414. The molecule has 0 unspecified atom stereocenters. The van der Waals surface area contributed by atoms with Gasteiger partial charge in [0.2, 0.25) is 11.9 Å². The maximum absolute atomic E-state index is 13.3. The fourth-order valence-corrected chi connectivity index (χ4v) is 4.29. The summed E-state index contributed by atoms with van der Waals surface area (Å²) in [5.41, 5.74) is 1.99. The molecule has 2 N–H and O–H groups in total. The van der Waals surface area contributed by atoms with Crippen LogP contribution in [0.5, 0.6) is 5.75 Å². The molecule has 1 atom stereocenters. The van der Waals surface area contributed by atoms with Gasteiger partial charge in [0.05, 0.1) is 24.1 Å². The molecule has 3 amide bonds. The van der Waals surface area contributed by atoms with E-state index in [1.807, 2.05) is 93.1 Å². The Hall–Kier alpha value is -3.85. The molecule has 1 fully saturated rings. The first-order valence-electron chi connectivity index (χ1n) is 13.1. The Balaban J connectivity index is 1.59. The van der Waals surface area contributed by atoms with Gasteiger partial charge >= 0.3 is 6.03 Å². The monoisotopic (exact) mass is 519 g/mol. The zero-order chi connectivity index (χ0) is 27.1. The van der Waals surface area contributed by atoms with Crippen molar-refractivity contribution in [1.82, 2.24) is 19.8 Å². The van der Waals surface area contributed by atoms with E-state index in [0.717, 1.165) is 29.8 Å². The molecule has 9 heteroatoms. The number of benzene rings is 2. The van der Waals surface area contributed by atoms with Crippen LogP contribution in [0, 0.1) is 0 Å². The van der Waals surface area contributed by atoms with Gasteiger partial charge in [-0.15, -0.1) is 0 Å². The van der Waals surface area contributed by atoms with Crippen LogP contribution in [0.25, 0.3) is 16.9 Å². The van der Waals surface area contributed by atoms with Crippen LogP contribution >= 0.6 is 0 Å². The van der Waals surface area contributed by atoms with Crippen molar-refractivity contribution in [3.05, 3.63) is 60.8 Å². The maximum Gasteiger partial charge on any atom is 0.318 e. The Morgan fingerprint density at radius 1 is 1.16 bits per heavy atom. The van der Waals surface area contributed by atoms with Crippen molar-refractivity contribution in [3.63, 3.8) is 0 Å². The van der Waals surface area contributed by atoms with Crippen LogP contribution in [0.3, 0.4) is 0 Å². The topological polar surface area (TPSA) is 97.7 Å². The average Bonchev–Trinajstić information content (AvgIpc) is 3.54. The minimum atomic E-state index is -0.436. The number of nitrogens with one attached hydrogen (secondary N) is 2. The summed E-state index contributed by atoms with van der Waals surface area (Å²) in [5.74, 6) is 0.731. The molecule has 2 heterocycles. The third-order valence-electron chi connectivity index (χ3n) is 5.99. The van der Waals surface area contributed by atoms with Crippen molar-refractivity contribution < 1.29 is 19.1 Å². The molecule has 0 spiro atoms. The van der Waals surface area contributed by atoms with E-state index in [-0.39, 0.29) is 24.6 Å². The Bertz CT molecular complexity index is 1230. The van der Waals surface area contributed by atoms with Crippen molar-refractivity contribution >= 4 is 17.9 Å². The summed E-state index contributed by atoms with van der Waals surface area (Å²) in [5, 5.41) is 5.89. The van der Waals surface area contributed by atoms with Gasteiger partial charge in [-0.3, -0.25) is 14.7 Å². The largest absolute Gasteiger partial charge is 0.494 e. The third kappa shape index (κ3) is 7.35. The van der Waals surface area contributed by atoms with Gasteiger partial charge < -0.3 is 19.7 Å². The quantitative estimate of drug-likeness (QED) is 0.421. The summed E-state index contributed by atoms with van der Waals surface area (Å²) in [6.07, 6.45) is 3.61. The van der Waals surface area contributed by atoms with Crippen molar-refractivity contribution in [2.45, 2.75) is 52.2 Å². The zero-order valence-corrected chi connectivity index (χ0v) is 22.6. The second-order valence-electron chi connectivity index (χ2n) is 10.4. The van der Waals surface area contributed by atoms with E-state index >= 15 is 0 Å². The van der Waals surface area contributed by atoms with Crippen LogP contribution in [-0.2, 0) is 9.53 Å². The van der Waals surface area contributed by atoms with Crippen LogP contribution in [0.4, 0.5) is 10.7 Å². The van der Waals surface area contributed by atoms with E-state index in [4.69, 9.17) is 14.5 Å². The highest BCUT2D eigenvalue weighted by atomic mass is 16.5. The minimum absolute atomic E-state index is 0.0820. The predicted octanol–water partition coefficient (Wildman–Crippen LogP) is 4.87. The number of carbonyl (C=O) groups excluding carboxylic acids is 2. The molecular weight excluding hydrogens is 482 g/mol. The number of aromatic nitrogens is 2. The number of anilines is 1. The molecule has 9 nitrogen and oxygen atoms in total. The lowest BCUT2D eigenvalue weighted by Gasteiger charge is -2.29. The molecule has 0 radical (unpaired) electrons. The summed E-state index contributed by atoms with van der Waals surface area (Å²) < 4.78 is 13.2. The number of hydrogen-bond acceptors (Lipinski definition) is 5. The summed E-state index contributed by atoms with van der Waals surface area (Å²) >= 11 is 0. The lowest BCUT2D eigenvalue weighted by atomic mass is 10.1. The molecule has 0 bridgehead atoms. The van der Waals surface area contributed by atoms with Crippen LogP contribution in [0.15, 0.2) is 60.8 Å². The van der Waals surface area contributed by atoms with Crippen molar-refractivity contribution in [3.8, 4) is 22.7 Å². The van der Waals surface area contributed by atoms with Gasteiger partial charge in [0.1, 0.15) is 12.3 Å². The molecule has 3 aromatic rings. The van der Waals surface area contributed by atoms with Gasteiger partial charge in [0, 0.05) is 36.5 Å². The lowest BCUT2D eigenvalue weighted by Crippen LogP contribution is -2.52. The Morgan fingerprint density at radius 3 is 2.63 bits per heavy atom. The van der Waals surface area contributed by atoms with E-state index in [1.165, 1.54) is 4.90 Å². The Kier molecular flexibility index (Phi) is 8.68. The molecule has 1 aromatic heterocycles. The Morgan fingerprint density at radius 2 is 1.95 bits per heavy atom. The summed E-state index contributed by atoms with van der Waals surface area (Å²) in [6.45, 7) is 9.09. The molecule has 1 aliphatic rings. The SMILES string of the molecule is CCOc1cccc(-n2cc(-c3ccccc3)nc2NC(=O)CN(C[C@@H]2CCCO2)C(=O)NC(C)(C)C)c1. The molecule has 0 saturated carbocycles. The third-order valence-corrected chi connectivity index (χ3v) is 5.99. The molecule has 1 saturated heterocycles. The number of carbonyl (C=O) groups is 2. The van der Waals surface area contributed by atoms with E-state index < -0.39 is 5.54 Å². The molecule has 0 aliphatic carbocycles. The smallest absolute Gasteiger partial charge is 0.318 e. The molecule has 4 rings (SSSR count). The molecular formula is C29H37N5O4. The number of ether oxygens (including phenoxy) is 2. The van der Waals surface area contributed by atoms with Crippen LogP contribution in [0.2, 0.25) is 0 Å². The fourth-order valence-electron chi connectivity index (χ4n) is 4.29. The number of urea groups is 1. The van der Waals surface area contributed by atoms with Crippen LogP contribution in [-0.4, -0.2) is 64.3 Å². The zero-order valence-electron chi connectivity index (χ0n) is 22.6. The lowest BCUT2D eigenvalue weighted by molar-refractivity contribution is -0.117. The van der Waals surface area contributed by atoms with E-state index in [2.05, 4.69) is 10.6 Å². The second-order valence-corrected chi connectivity index (χ2v) is 10.4. The van der Waals surface area contributed by atoms with Crippen molar-refractivity contribution in [2.75, 3.05) is 31.6 Å². The minimum Gasteiger partial charge on any atom is -0.494 e. The highest BCUT2D eigenvalue weighted by molar-refractivity contribution is 5.93. The highest BCUT2D eigenvalue weighted by Crippen LogP contribution is 2.26. The van der Waals surface area contributed by atoms with Crippen LogP contribution in [0.1, 0.15) is 40.5 Å². The molecule has 38 heavy (non-hydrogen) atoms. The number of nitrogens with zero attached hydrogens (tertiary/aromatic N) is 3. The molecule has 202 valence electrons. The predicted molar refractivity (Wildman–Crippen MR) is 148 cm³/mol. The van der Waals surface area contributed by atoms with Crippen LogP contribution < -0.4 is 15.4 Å². The second kappa shape index (κ2) is 12.1. The average molecular weight is 520 g/mol. The van der Waals surface area contributed by atoms with Gasteiger partial charge in [-0.1, -0.05) is 36.4 Å². The summed E-state index contributed by atoms with van der Waals surface area (Å²) in [4.78, 5) is 32.6. The van der Waals surface area contributed by atoms with Gasteiger partial charge in [-0.05, 0) is 52.7 Å². The van der Waals surface area contributed by atoms with Crippen molar-refractivity contribution in [1.29, 1.82) is 0 Å².